The molecule has 2 aromatic carbocycles. The smallest absolute Gasteiger partial charge is 0.455 e. The number of hydrogen-bond donors (Lipinski definition) is 2. The highest BCUT2D eigenvalue weighted by Crippen LogP contribution is 2.74. The van der Waals surface area contributed by atoms with Gasteiger partial charge in [-0.15, -0.1) is 0 Å². The number of Topliss-reactive ketones (excluding diaryl/α,β-unsaturated/α-hetero) is 1. The third-order valence-electron chi connectivity index (χ3n) is 14.7. The topological polar surface area (TPSA) is 226 Å². The highest BCUT2D eigenvalue weighted by atomic mass is 33.1. The first kappa shape index (κ1) is 54.7. The third kappa shape index (κ3) is 10.9. The van der Waals surface area contributed by atoms with Gasteiger partial charge < -0.3 is 48.3 Å². The summed E-state index contributed by atoms with van der Waals surface area (Å²) in [6, 6.07) is 14.8. The summed E-state index contributed by atoms with van der Waals surface area (Å²) in [7, 11) is 3.16. The van der Waals surface area contributed by atoms with Crippen molar-refractivity contribution in [3.05, 3.63) is 82.9 Å². The molecule has 2 bridgehead atoms. The standard InChI is InChI=1S/C53H67NO16S2/c1-10-11-18-24-71-72-25-23-63-48(61)67-41(39(33-19-14-12-15-20-33)54-47(60)70-49(5,6)7)46(59)66-36-28-53(62)44(68-45(58)34-21-16-13-17-22-34)42-51(27-35(51)26-37-52(42,29-64-37)69-32(4)56)43(57)40(65-31(3)55)38(30(36)2)50(53,8)9/h12-17,19-22,35-37,39-42,44,62H,10-11,18,23-29H2,1-9H3,(H,54,60)/t35-,36+,37-,39+,40-,41-,42+,44+,51-,52+,53-/m1/s1. The molecule has 0 aromatic heterocycles. The van der Waals surface area contributed by atoms with Gasteiger partial charge in [-0.25, -0.2) is 19.2 Å². The zero-order valence-electron chi connectivity index (χ0n) is 42.4. The molecule has 4 fully saturated rings. The highest BCUT2D eigenvalue weighted by molar-refractivity contribution is 8.76. The maximum Gasteiger partial charge on any atom is 0.509 e. The summed E-state index contributed by atoms with van der Waals surface area (Å²) >= 11 is 0. The zero-order valence-corrected chi connectivity index (χ0v) is 44.0. The predicted octanol–water partition coefficient (Wildman–Crippen LogP) is 8.20. The number of aliphatic hydroxyl groups is 1. The molecule has 1 spiro atoms. The summed E-state index contributed by atoms with van der Waals surface area (Å²) in [4.78, 5) is 98.9. The number of carbonyl (C=O) groups excluding carboxylic acids is 7. The Labute approximate surface area is 428 Å². The first-order valence-electron chi connectivity index (χ1n) is 24.6. The second kappa shape index (κ2) is 21.8. The molecule has 1 aliphatic heterocycles. The number of amides is 1. The summed E-state index contributed by atoms with van der Waals surface area (Å²) in [6.07, 6.45) is -6.53. The number of benzene rings is 2. The van der Waals surface area contributed by atoms with Crippen molar-refractivity contribution in [1.82, 2.24) is 5.32 Å². The highest BCUT2D eigenvalue weighted by Gasteiger charge is 2.84. The van der Waals surface area contributed by atoms with Gasteiger partial charge in [0.15, 0.2) is 17.5 Å². The second-order valence-corrected chi connectivity index (χ2v) is 23.5. The fourth-order valence-electron chi connectivity index (χ4n) is 11.3. The minimum atomic E-state index is -2.32. The van der Waals surface area contributed by atoms with E-state index in [0.29, 0.717) is 17.7 Å². The molecule has 72 heavy (non-hydrogen) atoms. The molecule has 19 heteroatoms. The van der Waals surface area contributed by atoms with Crippen molar-refractivity contribution in [2.45, 2.75) is 154 Å². The number of nitrogens with one attached hydrogen (secondary N) is 1. The first-order chi connectivity index (χ1) is 34.0. The van der Waals surface area contributed by atoms with Crippen LogP contribution in [0.5, 0.6) is 0 Å². The lowest BCUT2D eigenvalue weighted by molar-refractivity contribution is -0.323. The molecule has 11 atom stereocenters. The van der Waals surface area contributed by atoms with Crippen LogP contribution in [0.1, 0.15) is 123 Å². The van der Waals surface area contributed by atoms with Crippen molar-refractivity contribution in [3.8, 4) is 0 Å². The van der Waals surface area contributed by atoms with Crippen molar-refractivity contribution in [1.29, 1.82) is 0 Å². The average Bonchev–Trinajstić information content (AvgIpc) is 4.04. The predicted molar refractivity (Wildman–Crippen MR) is 264 cm³/mol. The molecule has 7 rings (SSSR count). The molecule has 17 nitrogen and oxygen atoms in total. The van der Waals surface area contributed by atoms with Gasteiger partial charge in [0.25, 0.3) is 0 Å². The van der Waals surface area contributed by atoms with E-state index in [-0.39, 0.29) is 36.3 Å². The summed E-state index contributed by atoms with van der Waals surface area (Å²) in [5.74, 6) is -4.49. The Bertz CT molecular complexity index is 2410. The Kier molecular flexibility index (Phi) is 16.5. The van der Waals surface area contributed by atoms with Gasteiger partial charge in [0, 0.05) is 42.6 Å². The molecule has 2 aromatic rings. The molecule has 4 aliphatic carbocycles. The maximum absolute atomic E-state index is 15.7. The van der Waals surface area contributed by atoms with Crippen LogP contribution in [0.15, 0.2) is 71.8 Å². The summed E-state index contributed by atoms with van der Waals surface area (Å²) in [6.45, 7) is 14.0. The van der Waals surface area contributed by atoms with Crippen LogP contribution in [-0.2, 0) is 57.1 Å². The van der Waals surface area contributed by atoms with Crippen LogP contribution in [0, 0.1) is 22.7 Å². The van der Waals surface area contributed by atoms with Crippen LogP contribution in [0.3, 0.4) is 0 Å². The number of hydrogen-bond acceptors (Lipinski definition) is 18. The van der Waals surface area contributed by atoms with Crippen LogP contribution >= 0.6 is 21.6 Å². The van der Waals surface area contributed by atoms with Crippen molar-refractivity contribution in [3.63, 3.8) is 0 Å². The Morgan fingerprint density at radius 2 is 1.56 bits per heavy atom. The number of rotatable bonds is 18. The number of ketones is 1. The van der Waals surface area contributed by atoms with Gasteiger partial charge in [0.2, 0.25) is 6.10 Å². The van der Waals surface area contributed by atoms with E-state index in [1.54, 1.807) is 101 Å². The van der Waals surface area contributed by atoms with Gasteiger partial charge in [0.05, 0.1) is 18.1 Å². The van der Waals surface area contributed by atoms with Gasteiger partial charge in [0.1, 0.15) is 42.2 Å². The van der Waals surface area contributed by atoms with E-state index in [1.807, 2.05) is 0 Å². The molecular weight excluding hydrogens is 971 g/mol. The van der Waals surface area contributed by atoms with Gasteiger partial charge in [-0.05, 0) is 81.7 Å². The zero-order chi connectivity index (χ0) is 52.4. The van der Waals surface area contributed by atoms with Crippen LogP contribution < -0.4 is 5.32 Å². The Morgan fingerprint density at radius 1 is 0.889 bits per heavy atom. The van der Waals surface area contributed by atoms with Gasteiger partial charge in [-0.1, -0.05) is 104 Å². The van der Waals surface area contributed by atoms with Crippen molar-refractivity contribution < 1.29 is 76.6 Å². The molecule has 392 valence electrons. The largest absolute Gasteiger partial charge is 0.509 e. The van der Waals surface area contributed by atoms with Gasteiger partial charge in [-0.2, -0.15) is 0 Å². The molecule has 5 aliphatic rings. The Balaban J connectivity index is 1.33. The fraction of sp³-hybridized carbons (Fsp3) is 0.604. The number of unbranched alkanes of at least 4 members (excludes halogenated alkanes) is 2. The molecule has 1 heterocycles. The van der Waals surface area contributed by atoms with E-state index >= 15 is 9.59 Å². The minimum absolute atomic E-state index is 0.0730. The number of esters is 4. The van der Waals surface area contributed by atoms with Gasteiger partial charge in [-0.3, -0.25) is 14.4 Å². The molecule has 1 saturated heterocycles. The fourth-order valence-corrected chi connectivity index (χ4v) is 13.3. The summed E-state index contributed by atoms with van der Waals surface area (Å²) < 4.78 is 48.1. The molecule has 1 amide bonds. The Hall–Kier alpha value is -5.11. The monoisotopic (exact) mass is 1040 g/mol. The average molecular weight is 1040 g/mol. The normalized spacial score (nSPS) is 29.6. The lowest BCUT2D eigenvalue weighted by Crippen LogP contribution is -2.78. The van der Waals surface area contributed by atoms with E-state index in [2.05, 4.69) is 12.2 Å². The molecule has 2 N–H and O–H groups in total. The minimum Gasteiger partial charge on any atom is -0.455 e. The van der Waals surface area contributed by atoms with E-state index in [0.717, 1.165) is 31.9 Å². The second-order valence-electron chi connectivity index (χ2n) is 20.8. The quantitative estimate of drug-likeness (QED) is 0.0472. The summed E-state index contributed by atoms with van der Waals surface area (Å²) in [5.41, 5.74) is -7.22. The van der Waals surface area contributed by atoms with Gasteiger partial charge >= 0.3 is 36.1 Å². The number of alkyl carbamates (subject to hydrolysis) is 1. The molecule has 0 radical (unpaired) electrons. The van der Waals surface area contributed by atoms with Crippen molar-refractivity contribution in [2.75, 3.05) is 24.7 Å². The lowest BCUT2D eigenvalue weighted by Gasteiger charge is -2.64. The lowest BCUT2D eigenvalue weighted by atomic mass is 9.48. The summed E-state index contributed by atoms with van der Waals surface area (Å²) in [5, 5.41) is 16.6. The van der Waals surface area contributed by atoms with Crippen molar-refractivity contribution >= 4 is 63.5 Å². The third-order valence-corrected chi connectivity index (χ3v) is 17.1. The van der Waals surface area contributed by atoms with Crippen LogP contribution in [0.4, 0.5) is 9.59 Å². The Morgan fingerprint density at radius 3 is 2.17 bits per heavy atom. The first-order valence-corrected chi connectivity index (χ1v) is 27.0. The van der Waals surface area contributed by atoms with E-state index < -0.39 is 124 Å². The van der Waals surface area contributed by atoms with Crippen LogP contribution in [0.25, 0.3) is 0 Å². The number of carbonyl (C=O) groups is 7. The van der Waals surface area contributed by atoms with Crippen LogP contribution in [-0.4, -0.2) is 119 Å². The number of ether oxygens (including phenoxy) is 8. The molecular formula is C53H67NO16S2. The van der Waals surface area contributed by atoms with E-state index in [4.69, 9.17) is 37.9 Å². The van der Waals surface area contributed by atoms with E-state index in [9.17, 15) is 29.1 Å². The molecule has 3 saturated carbocycles. The van der Waals surface area contributed by atoms with E-state index in [1.165, 1.54) is 29.9 Å². The number of fused-ring (bicyclic) bond motifs is 4. The SMILES string of the molecule is CCCCCSSCCOC(=O)O[C@@H](C(=O)O[C@H]1C[C@@]2(O)[C@@H](OC(=O)c3ccccc3)[C@@H]3[C@]4(OC(C)=O)CO[C@@H]4C[C@@H]4C[C@@]43C(=O)[C@H](OC(C)=O)C(=C1C)C2(C)C)[C@@H](NC(=O)OC(C)(C)C)c1ccccc1. The maximum atomic E-state index is 15.7. The molecule has 0 unspecified atom stereocenters. The van der Waals surface area contributed by atoms with Crippen molar-refractivity contribution in [2.24, 2.45) is 22.7 Å². The van der Waals surface area contributed by atoms with Crippen LogP contribution in [0.2, 0.25) is 0 Å².